The van der Waals surface area contributed by atoms with Crippen LogP contribution in [-0.2, 0) is 6.54 Å². The first kappa shape index (κ1) is 15.8. The highest BCUT2D eigenvalue weighted by Gasteiger charge is 2.13. The van der Waals surface area contributed by atoms with Crippen LogP contribution in [0.5, 0.6) is 0 Å². The quantitative estimate of drug-likeness (QED) is 0.795. The molecule has 1 aromatic heterocycles. The van der Waals surface area contributed by atoms with E-state index in [9.17, 15) is 0 Å². The molecule has 1 heterocycles. The van der Waals surface area contributed by atoms with Crippen LogP contribution < -0.4 is 10.2 Å². The predicted octanol–water partition coefficient (Wildman–Crippen LogP) is 3.97. The first-order valence-corrected chi connectivity index (χ1v) is 8.14. The number of pyridine rings is 1. The fraction of sp³-hybridized carbons (Fsp3) is 0.500. The van der Waals surface area contributed by atoms with Crippen molar-refractivity contribution in [1.82, 2.24) is 10.3 Å². The van der Waals surface area contributed by atoms with E-state index in [1.165, 1.54) is 10.9 Å². The van der Waals surface area contributed by atoms with Crippen LogP contribution in [0.25, 0.3) is 10.9 Å². The Morgan fingerprint density at radius 2 is 1.76 bits per heavy atom. The van der Waals surface area contributed by atoms with Crippen LogP contribution in [-0.4, -0.2) is 24.6 Å². The predicted molar refractivity (Wildman–Crippen MR) is 91.9 cm³/mol. The zero-order valence-electron chi connectivity index (χ0n) is 13.5. The molecule has 0 atom stereocenters. The molecule has 0 amide bonds. The monoisotopic (exact) mass is 285 g/mol. The molecular weight excluding hydrogens is 258 g/mol. The molecule has 2 rings (SSSR count). The molecular formula is C18H27N3. The second kappa shape index (κ2) is 7.99. The fourth-order valence-electron chi connectivity index (χ4n) is 2.68. The normalized spacial score (nSPS) is 11.0. The smallest absolute Gasteiger partial charge is 0.133 e. The summed E-state index contributed by atoms with van der Waals surface area (Å²) in [6.07, 6.45) is 2.30. The van der Waals surface area contributed by atoms with E-state index in [-0.39, 0.29) is 0 Å². The van der Waals surface area contributed by atoms with Crippen LogP contribution in [0.4, 0.5) is 5.82 Å². The molecule has 2 aromatic rings. The minimum absolute atomic E-state index is 0.883. The zero-order valence-corrected chi connectivity index (χ0v) is 13.5. The van der Waals surface area contributed by atoms with E-state index in [0.29, 0.717) is 0 Å². The lowest BCUT2D eigenvalue weighted by molar-refractivity contribution is 0.700. The Morgan fingerprint density at radius 1 is 1.05 bits per heavy atom. The summed E-state index contributed by atoms with van der Waals surface area (Å²) in [5.41, 5.74) is 2.39. The topological polar surface area (TPSA) is 28.2 Å². The van der Waals surface area contributed by atoms with Crippen LogP contribution in [0.2, 0.25) is 0 Å². The van der Waals surface area contributed by atoms with E-state index in [4.69, 9.17) is 4.98 Å². The summed E-state index contributed by atoms with van der Waals surface area (Å²) < 4.78 is 0. The number of nitrogens with zero attached hydrogens (tertiary/aromatic N) is 2. The molecule has 0 aliphatic heterocycles. The molecule has 1 N–H and O–H groups in total. The second-order valence-corrected chi connectivity index (χ2v) is 5.43. The van der Waals surface area contributed by atoms with Crippen molar-refractivity contribution < 1.29 is 0 Å². The number of rotatable bonds is 8. The number of fused-ring (bicyclic) bond motifs is 1. The third-order valence-corrected chi connectivity index (χ3v) is 3.63. The highest BCUT2D eigenvalue weighted by Crippen LogP contribution is 2.24. The molecule has 1 aromatic carbocycles. The third kappa shape index (κ3) is 3.94. The third-order valence-electron chi connectivity index (χ3n) is 3.63. The van der Waals surface area contributed by atoms with Gasteiger partial charge in [-0.2, -0.15) is 0 Å². The maximum Gasteiger partial charge on any atom is 0.133 e. The van der Waals surface area contributed by atoms with E-state index in [1.807, 2.05) is 0 Å². The highest BCUT2D eigenvalue weighted by molar-refractivity contribution is 5.81. The zero-order chi connectivity index (χ0) is 15.1. The minimum atomic E-state index is 0.883. The first-order chi connectivity index (χ1) is 10.3. The molecule has 3 heteroatoms. The molecule has 0 spiro atoms. The van der Waals surface area contributed by atoms with Crippen molar-refractivity contribution in [2.75, 3.05) is 24.5 Å². The van der Waals surface area contributed by atoms with Crippen LogP contribution in [0, 0.1) is 0 Å². The summed E-state index contributed by atoms with van der Waals surface area (Å²) in [5, 5.41) is 4.67. The van der Waals surface area contributed by atoms with E-state index in [1.54, 1.807) is 0 Å². The maximum absolute atomic E-state index is 4.95. The maximum atomic E-state index is 4.95. The Bertz CT molecular complexity index is 559. The lowest BCUT2D eigenvalue weighted by Crippen LogP contribution is -2.28. The Hall–Kier alpha value is -1.61. The second-order valence-electron chi connectivity index (χ2n) is 5.43. The van der Waals surface area contributed by atoms with Crippen LogP contribution in [0.15, 0.2) is 30.3 Å². The van der Waals surface area contributed by atoms with Crippen molar-refractivity contribution >= 4 is 16.7 Å². The molecule has 0 saturated carbocycles. The molecule has 0 bridgehead atoms. The summed E-state index contributed by atoms with van der Waals surface area (Å²) in [4.78, 5) is 7.38. The Labute approximate surface area is 128 Å². The van der Waals surface area contributed by atoms with Crippen LogP contribution in [0.1, 0.15) is 39.2 Å². The van der Waals surface area contributed by atoms with Gasteiger partial charge in [0.05, 0.1) is 5.52 Å². The van der Waals surface area contributed by atoms with Gasteiger partial charge in [-0.15, -0.1) is 0 Å². The number of nitrogens with one attached hydrogen (secondary N) is 1. The van der Waals surface area contributed by atoms with Crippen molar-refractivity contribution in [1.29, 1.82) is 0 Å². The minimum Gasteiger partial charge on any atom is -0.356 e. The number of hydrogen-bond donors (Lipinski definition) is 1. The molecule has 21 heavy (non-hydrogen) atoms. The van der Waals surface area contributed by atoms with E-state index in [2.05, 4.69) is 61.3 Å². The number of hydrogen-bond acceptors (Lipinski definition) is 3. The first-order valence-electron chi connectivity index (χ1n) is 8.14. The summed E-state index contributed by atoms with van der Waals surface area (Å²) in [7, 11) is 0. The van der Waals surface area contributed by atoms with Gasteiger partial charge in [0.15, 0.2) is 0 Å². The number of para-hydroxylation sites is 1. The summed E-state index contributed by atoms with van der Waals surface area (Å²) >= 11 is 0. The van der Waals surface area contributed by atoms with E-state index >= 15 is 0 Å². The van der Waals surface area contributed by atoms with Crippen molar-refractivity contribution in [3.8, 4) is 0 Å². The number of anilines is 1. The number of benzene rings is 1. The van der Waals surface area contributed by atoms with Crippen molar-refractivity contribution in [3.05, 3.63) is 35.9 Å². The van der Waals surface area contributed by atoms with Gasteiger partial charge in [-0.05, 0) is 31.5 Å². The fourth-order valence-corrected chi connectivity index (χ4v) is 2.68. The molecule has 0 unspecified atom stereocenters. The Balaban J connectivity index is 2.45. The molecule has 0 fully saturated rings. The van der Waals surface area contributed by atoms with Gasteiger partial charge in [0, 0.05) is 30.6 Å². The van der Waals surface area contributed by atoms with Gasteiger partial charge in [-0.3, -0.25) is 0 Å². The average molecular weight is 285 g/mol. The molecule has 114 valence electrons. The van der Waals surface area contributed by atoms with Crippen molar-refractivity contribution in [2.24, 2.45) is 0 Å². The Morgan fingerprint density at radius 3 is 2.43 bits per heavy atom. The van der Waals surface area contributed by atoms with Gasteiger partial charge >= 0.3 is 0 Å². The standard InChI is InChI=1S/C18H27N3/c1-4-11-21(12-5-2)18-16(14-19-6-3)13-15-9-7-8-10-17(15)20-18/h7-10,13,19H,4-6,11-12,14H2,1-3H3. The Kier molecular flexibility index (Phi) is 6.00. The lowest BCUT2D eigenvalue weighted by Gasteiger charge is -2.25. The molecule has 0 aliphatic carbocycles. The van der Waals surface area contributed by atoms with Crippen LogP contribution in [0.3, 0.4) is 0 Å². The average Bonchev–Trinajstić information content (AvgIpc) is 2.52. The van der Waals surface area contributed by atoms with Gasteiger partial charge in [0.2, 0.25) is 0 Å². The number of aromatic nitrogens is 1. The molecule has 0 saturated heterocycles. The summed E-state index contributed by atoms with van der Waals surface area (Å²) in [6, 6.07) is 10.7. The van der Waals surface area contributed by atoms with Crippen molar-refractivity contribution in [2.45, 2.75) is 40.2 Å². The van der Waals surface area contributed by atoms with Gasteiger partial charge in [-0.25, -0.2) is 4.98 Å². The highest BCUT2D eigenvalue weighted by atomic mass is 15.2. The summed E-state index contributed by atoms with van der Waals surface area (Å²) in [5.74, 6) is 1.15. The molecule has 3 nitrogen and oxygen atoms in total. The molecule has 0 radical (unpaired) electrons. The van der Waals surface area contributed by atoms with Gasteiger partial charge in [-0.1, -0.05) is 39.0 Å². The lowest BCUT2D eigenvalue weighted by atomic mass is 10.1. The molecule has 0 aliphatic rings. The van der Waals surface area contributed by atoms with Gasteiger partial charge in [0.25, 0.3) is 0 Å². The van der Waals surface area contributed by atoms with Crippen LogP contribution >= 0.6 is 0 Å². The van der Waals surface area contributed by atoms with E-state index in [0.717, 1.165) is 50.4 Å². The van der Waals surface area contributed by atoms with E-state index < -0.39 is 0 Å². The summed E-state index contributed by atoms with van der Waals surface area (Å²) in [6.45, 7) is 10.6. The SMILES string of the molecule is CCCN(CCC)c1nc2ccccc2cc1CNCC. The van der Waals surface area contributed by atoms with Gasteiger partial charge in [0.1, 0.15) is 5.82 Å². The van der Waals surface area contributed by atoms with Gasteiger partial charge < -0.3 is 10.2 Å². The van der Waals surface area contributed by atoms with Crippen molar-refractivity contribution in [3.63, 3.8) is 0 Å². The largest absolute Gasteiger partial charge is 0.356 e.